The maximum Gasteiger partial charge on any atom is 0.168 e. The average molecular weight is 668 g/mol. The Balaban J connectivity index is 2.92. The fourth-order valence-corrected chi connectivity index (χ4v) is 2.12. The standard InChI is InChI=1S/C12H12Br6O2/c1-2-8-4-3-5-9(19-6-11(13,14)15)10(8)20-7-12(16,17)18/h3-5H,2,6-7H2,1H3. The van der Waals surface area contributed by atoms with Crippen LogP contribution >= 0.6 is 95.6 Å². The molecule has 0 aromatic heterocycles. The van der Waals surface area contributed by atoms with Crippen LogP contribution in [-0.2, 0) is 6.42 Å². The van der Waals surface area contributed by atoms with Crippen molar-refractivity contribution in [1.29, 1.82) is 0 Å². The third kappa shape index (κ3) is 7.81. The van der Waals surface area contributed by atoms with Crippen LogP contribution in [0.3, 0.4) is 0 Å². The van der Waals surface area contributed by atoms with Crippen molar-refractivity contribution in [3.8, 4) is 11.5 Å². The van der Waals surface area contributed by atoms with Gasteiger partial charge in [0.15, 0.2) is 15.8 Å². The van der Waals surface area contributed by atoms with Gasteiger partial charge in [0.05, 0.1) is 0 Å². The first kappa shape index (κ1) is 19.7. The lowest BCUT2D eigenvalue weighted by Gasteiger charge is -2.20. The summed E-state index contributed by atoms with van der Waals surface area (Å²) in [6.45, 7) is 2.89. The van der Waals surface area contributed by atoms with Gasteiger partial charge in [-0.05, 0) is 18.1 Å². The van der Waals surface area contributed by atoms with Crippen LogP contribution in [-0.4, -0.2) is 17.5 Å². The Labute approximate surface area is 169 Å². The van der Waals surface area contributed by atoms with Crippen molar-refractivity contribution in [2.24, 2.45) is 0 Å². The van der Waals surface area contributed by atoms with Crippen LogP contribution in [0.1, 0.15) is 12.5 Å². The van der Waals surface area contributed by atoms with Crippen molar-refractivity contribution in [1.82, 2.24) is 0 Å². The number of para-hydroxylation sites is 1. The fraction of sp³-hybridized carbons (Fsp3) is 0.500. The number of hydrogen-bond acceptors (Lipinski definition) is 2. The largest absolute Gasteiger partial charge is 0.486 e. The molecule has 0 aliphatic heterocycles. The molecule has 1 aromatic rings. The molecule has 0 aliphatic rings. The highest BCUT2D eigenvalue weighted by Crippen LogP contribution is 2.39. The number of hydrogen-bond donors (Lipinski definition) is 0. The summed E-state index contributed by atoms with van der Waals surface area (Å²) in [7, 11) is 0. The molecule has 0 atom stereocenters. The maximum atomic E-state index is 5.88. The van der Waals surface area contributed by atoms with E-state index in [0.717, 1.165) is 17.7 Å². The summed E-state index contributed by atoms with van der Waals surface area (Å²) in [5, 5.41) is 0. The van der Waals surface area contributed by atoms with E-state index in [9.17, 15) is 0 Å². The molecule has 114 valence electrons. The Morgan fingerprint density at radius 3 is 1.95 bits per heavy atom. The third-order valence-corrected chi connectivity index (χ3v) is 3.59. The Hall–Kier alpha value is 1.70. The lowest BCUT2D eigenvalue weighted by Crippen LogP contribution is -2.17. The first-order valence-electron chi connectivity index (χ1n) is 5.63. The predicted molar refractivity (Wildman–Crippen MR) is 106 cm³/mol. The molecule has 0 bridgehead atoms. The van der Waals surface area contributed by atoms with Gasteiger partial charge in [-0.2, -0.15) is 0 Å². The molecule has 8 heteroatoms. The Kier molecular flexibility index (Phi) is 8.42. The molecule has 0 heterocycles. The second-order valence-electron chi connectivity index (χ2n) is 3.91. The van der Waals surface area contributed by atoms with Crippen LogP contribution in [0.5, 0.6) is 11.5 Å². The summed E-state index contributed by atoms with van der Waals surface area (Å²) in [5.74, 6) is 1.47. The second kappa shape index (κ2) is 8.52. The molecule has 0 amide bonds. The number of ether oxygens (including phenoxy) is 2. The lowest BCUT2D eigenvalue weighted by atomic mass is 10.1. The Morgan fingerprint density at radius 1 is 0.900 bits per heavy atom. The molecular formula is C12H12Br6O2. The van der Waals surface area contributed by atoms with E-state index in [2.05, 4.69) is 103 Å². The van der Waals surface area contributed by atoms with Crippen molar-refractivity contribution in [3.05, 3.63) is 23.8 Å². The number of benzene rings is 1. The molecule has 0 spiro atoms. The minimum absolute atomic E-state index is 0.401. The zero-order valence-corrected chi connectivity index (χ0v) is 20.0. The quantitative estimate of drug-likeness (QED) is 0.327. The zero-order valence-electron chi connectivity index (χ0n) is 10.4. The summed E-state index contributed by atoms with van der Waals surface area (Å²) in [4.78, 5) is 0. The zero-order chi connectivity index (χ0) is 15.4. The van der Waals surface area contributed by atoms with Crippen LogP contribution in [0.25, 0.3) is 0 Å². The smallest absolute Gasteiger partial charge is 0.168 e. The monoisotopic (exact) mass is 662 g/mol. The summed E-state index contributed by atoms with van der Waals surface area (Å²) < 4.78 is 10.8. The van der Waals surface area contributed by atoms with E-state index in [-0.39, 0.29) is 0 Å². The van der Waals surface area contributed by atoms with Crippen molar-refractivity contribution in [3.63, 3.8) is 0 Å². The highest BCUT2D eigenvalue weighted by atomic mass is 80.0. The molecule has 0 saturated carbocycles. The molecule has 1 rings (SSSR count). The van der Waals surface area contributed by atoms with Crippen molar-refractivity contribution in [2.45, 2.75) is 17.6 Å². The molecule has 0 N–H and O–H groups in total. The molecule has 20 heavy (non-hydrogen) atoms. The minimum Gasteiger partial charge on any atom is -0.486 e. The highest BCUT2D eigenvalue weighted by Gasteiger charge is 2.23. The lowest BCUT2D eigenvalue weighted by molar-refractivity contribution is 0.281. The van der Waals surface area contributed by atoms with E-state index < -0.39 is 4.29 Å². The van der Waals surface area contributed by atoms with Crippen LogP contribution in [0, 0.1) is 0 Å². The maximum absolute atomic E-state index is 5.88. The van der Waals surface area contributed by atoms with E-state index in [1.165, 1.54) is 0 Å². The van der Waals surface area contributed by atoms with Gasteiger partial charge in [0.1, 0.15) is 13.2 Å². The average Bonchev–Trinajstić information content (AvgIpc) is 2.32. The van der Waals surface area contributed by atoms with Crippen molar-refractivity contribution < 1.29 is 9.47 Å². The predicted octanol–water partition coefficient (Wildman–Crippen LogP) is 6.68. The molecule has 0 aliphatic carbocycles. The Morgan fingerprint density at radius 2 is 1.45 bits per heavy atom. The third-order valence-electron chi connectivity index (χ3n) is 2.21. The van der Waals surface area contributed by atoms with E-state index in [1.54, 1.807) is 0 Å². The van der Waals surface area contributed by atoms with E-state index in [4.69, 9.17) is 9.47 Å². The molecular weight excluding hydrogens is 656 g/mol. The Bertz CT molecular complexity index is 439. The number of halogens is 6. The number of aryl methyl sites for hydroxylation is 1. The van der Waals surface area contributed by atoms with Gasteiger partial charge in [-0.25, -0.2) is 0 Å². The normalized spacial score (nSPS) is 12.3. The second-order valence-corrected chi connectivity index (χ2v) is 18.4. The van der Waals surface area contributed by atoms with Crippen molar-refractivity contribution >= 4 is 95.6 Å². The van der Waals surface area contributed by atoms with Gasteiger partial charge in [-0.15, -0.1) is 0 Å². The van der Waals surface area contributed by atoms with E-state index in [0.29, 0.717) is 19.0 Å². The van der Waals surface area contributed by atoms with E-state index >= 15 is 0 Å². The van der Waals surface area contributed by atoms with Crippen LogP contribution in [0.2, 0.25) is 0 Å². The highest BCUT2D eigenvalue weighted by molar-refractivity contribution is 9.39. The molecule has 1 aromatic carbocycles. The van der Waals surface area contributed by atoms with E-state index in [1.807, 2.05) is 18.2 Å². The summed E-state index contributed by atoms with van der Waals surface area (Å²) >= 11 is 20.5. The van der Waals surface area contributed by atoms with Gasteiger partial charge < -0.3 is 9.47 Å². The summed E-state index contributed by atoms with van der Waals surface area (Å²) in [6.07, 6.45) is 0.870. The van der Waals surface area contributed by atoms with Gasteiger partial charge in [0, 0.05) is 0 Å². The topological polar surface area (TPSA) is 18.5 Å². The fourth-order valence-electron chi connectivity index (χ4n) is 1.43. The SMILES string of the molecule is CCc1cccc(OCC(Br)(Br)Br)c1OCC(Br)(Br)Br. The van der Waals surface area contributed by atoms with Gasteiger partial charge in [-0.3, -0.25) is 0 Å². The number of alkyl halides is 6. The summed E-state index contributed by atoms with van der Waals surface area (Å²) in [6, 6.07) is 5.89. The number of rotatable bonds is 5. The molecule has 0 unspecified atom stereocenters. The van der Waals surface area contributed by atoms with Gasteiger partial charge in [0.25, 0.3) is 0 Å². The van der Waals surface area contributed by atoms with Crippen LogP contribution < -0.4 is 9.47 Å². The molecule has 0 radical (unpaired) electrons. The molecule has 0 saturated heterocycles. The summed E-state index contributed by atoms with van der Waals surface area (Å²) in [5.41, 5.74) is 1.10. The van der Waals surface area contributed by atoms with Crippen LogP contribution in [0.15, 0.2) is 18.2 Å². The van der Waals surface area contributed by atoms with Crippen molar-refractivity contribution in [2.75, 3.05) is 13.2 Å². The minimum atomic E-state index is -0.449. The van der Waals surface area contributed by atoms with Gasteiger partial charge in [-0.1, -0.05) is 115 Å². The molecule has 0 fully saturated rings. The van der Waals surface area contributed by atoms with Gasteiger partial charge in [0.2, 0.25) is 0 Å². The first-order valence-corrected chi connectivity index (χ1v) is 10.4. The van der Waals surface area contributed by atoms with Crippen LogP contribution in [0.4, 0.5) is 0 Å². The van der Waals surface area contributed by atoms with Gasteiger partial charge >= 0.3 is 0 Å². The molecule has 2 nitrogen and oxygen atoms in total. The first-order chi connectivity index (χ1) is 9.12.